The lowest BCUT2D eigenvalue weighted by atomic mass is 9.94. The predicted octanol–water partition coefficient (Wildman–Crippen LogP) is 0.956. The molecule has 1 aliphatic rings. The van der Waals surface area contributed by atoms with Gasteiger partial charge in [0, 0.05) is 11.1 Å². The molecule has 1 atom stereocenters. The third-order valence-electron chi connectivity index (χ3n) is 3.13. The number of aliphatic hydroxyl groups is 1. The second kappa shape index (κ2) is 3.87. The van der Waals surface area contributed by atoms with E-state index in [1.165, 1.54) is 7.11 Å². The number of esters is 1. The van der Waals surface area contributed by atoms with E-state index in [0.29, 0.717) is 0 Å². The molecule has 1 aromatic heterocycles. The molecule has 1 aliphatic carbocycles. The average molecular weight is 221 g/mol. The number of pyridine rings is 1. The Morgan fingerprint density at radius 2 is 2.25 bits per heavy atom. The van der Waals surface area contributed by atoms with E-state index in [1.807, 2.05) is 25.1 Å². The zero-order valence-electron chi connectivity index (χ0n) is 9.43. The van der Waals surface area contributed by atoms with Crippen LogP contribution in [-0.2, 0) is 14.9 Å². The molecular weight excluding hydrogens is 206 g/mol. The van der Waals surface area contributed by atoms with Gasteiger partial charge in [0.2, 0.25) is 0 Å². The van der Waals surface area contributed by atoms with E-state index in [1.54, 1.807) is 0 Å². The Morgan fingerprint density at radius 1 is 1.56 bits per heavy atom. The summed E-state index contributed by atoms with van der Waals surface area (Å²) in [5, 5.41) is 9.94. The molecule has 86 valence electrons. The number of hydrogen-bond acceptors (Lipinski definition) is 4. The van der Waals surface area contributed by atoms with Gasteiger partial charge in [-0.25, -0.2) is 4.79 Å². The van der Waals surface area contributed by atoms with Crippen molar-refractivity contribution in [3.63, 3.8) is 0 Å². The van der Waals surface area contributed by atoms with Gasteiger partial charge in [-0.1, -0.05) is 6.07 Å². The number of aromatic nitrogens is 1. The molecule has 4 heteroatoms. The summed E-state index contributed by atoms with van der Waals surface area (Å²) in [6, 6.07) is 5.64. The van der Waals surface area contributed by atoms with Crippen molar-refractivity contribution in [1.82, 2.24) is 4.98 Å². The van der Waals surface area contributed by atoms with Gasteiger partial charge >= 0.3 is 5.97 Å². The van der Waals surface area contributed by atoms with E-state index < -0.39 is 17.5 Å². The maximum Gasteiger partial charge on any atom is 0.335 e. The third-order valence-corrected chi connectivity index (χ3v) is 3.13. The molecule has 1 saturated carbocycles. The lowest BCUT2D eigenvalue weighted by molar-refractivity contribution is -0.152. The van der Waals surface area contributed by atoms with E-state index in [9.17, 15) is 9.90 Å². The molecule has 1 N–H and O–H groups in total. The lowest BCUT2D eigenvalue weighted by Crippen LogP contribution is -2.35. The molecule has 1 aromatic rings. The monoisotopic (exact) mass is 221 g/mol. The number of rotatable bonds is 3. The number of methoxy groups -OCH3 is 1. The molecule has 2 rings (SSSR count). The fourth-order valence-electron chi connectivity index (χ4n) is 1.96. The van der Waals surface area contributed by atoms with Crippen molar-refractivity contribution in [3.05, 3.63) is 29.6 Å². The minimum atomic E-state index is -1.10. The van der Waals surface area contributed by atoms with Crippen LogP contribution in [0.25, 0.3) is 0 Å². The highest BCUT2D eigenvalue weighted by Gasteiger charge is 2.55. The molecule has 1 fully saturated rings. The Labute approximate surface area is 94.3 Å². The highest BCUT2D eigenvalue weighted by Crippen LogP contribution is 2.50. The van der Waals surface area contributed by atoms with Gasteiger partial charge in [0.05, 0.1) is 12.8 Å². The van der Waals surface area contributed by atoms with Crippen LogP contribution in [0.2, 0.25) is 0 Å². The normalized spacial score (nSPS) is 18.9. The van der Waals surface area contributed by atoms with Crippen LogP contribution >= 0.6 is 0 Å². The zero-order valence-corrected chi connectivity index (χ0v) is 9.43. The largest absolute Gasteiger partial charge is 0.467 e. The molecular formula is C12H15NO3. The number of ether oxygens (including phenoxy) is 1. The lowest BCUT2D eigenvalue weighted by Gasteiger charge is -2.19. The van der Waals surface area contributed by atoms with Gasteiger partial charge in [-0.2, -0.15) is 0 Å². The van der Waals surface area contributed by atoms with E-state index in [0.717, 1.165) is 24.2 Å². The minimum absolute atomic E-state index is 0.515. The topological polar surface area (TPSA) is 59.4 Å². The van der Waals surface area contributed by atoms with Crippen LogP contribution in [0, 0.1) is 6.92 Å². The number of hydrogen-bond donors (Lipinski definition) is 1. The average Bonchev–Trinajstić information content (AvgIpc) is 3.08. The van der Waals surface area contributed by atoms with Crippen molar-refractivity contribution in [2.24, 2.45) is 0 Å². The van der Waals surface area contributed by atoms with Crippen LogP contribution < -0.4 is 0 Å². The summed E-state index contributed by atoms with van der Waals surface area (Å²) in [5.41, 5.74) is 1.16. The second-order valence-electron chi connectivity index (χ2n) is 4.25. The highest BCUT2D eigenvalue weighted by atomic mass is 16.5. The summed E-state index contributed by atoms with van der Waals surface area (Å²) in [6.07, 6.45) is 0.450. The molecule has 1 unspecified atom stereocenters. The summed E-state index contributed by atoms with van der Waals surface area (Å²) in [6.45, 7) is 1.89. The van der Waals surface area contributed by atoms with Crippen LogP contribution in [-0.4, -0.2) is 29.3 Å². The van der Waals surface area contributed by atoms with Gasteiger partial charge in [-0.3, -0.25) is 4.98 Å². The van der Waals surface area contributed by atoms with Gasteiger partial charge in [0.1, 0.15) is 0 Å². The Kier molecular flexibility index (Phi) is 2.68. The quantitative estimate of drug-likeness (QED) is 0.772. The van der Waals surface area contributed by atoms with Gasteiger partial charge in [0.15, 0.2) is 6.10 Å². The van der Waals surface area contributed by atoms with Crippen LogP contribution in [0.4, 0.5) is 0 Å². The number of aryl methyl sites for hydroxylation is 1. The van der Waals surface area contributed by atoms with Gasteiger partial charge in [-0.05, 0) is 31.9 Å². The first kappa shape index (κ1) is 11.1. The Hall–Kier alpha value is -1.42. The molecule has 4 nitrogen and oxygen atoms in total. The maximum atomic E-state index is 11.4. The maximum absolute atomic E-state index is 11.4. The van der Waals surface area contributed by atoms with Crippen molar-refractivity contribution >= 4 is 5.97 Å². The highest BCUT2D eigenvalue weighted by molar-refractivity contribution is 5.77. The van der Waals surface area contributed by atoms with Crippen molar-refractivity contribution < 1.29 is 14.6 Å². The Balaban J connectivity index is 2.29. The first-order chi connectivity index (χ1) is 7.60. The van der Waals surface area contributed by atoms with Crippen molar-refractivity contribution in [3.8, 4) is 0 Å². The molecule has 0 spiro atoms. The molecule has 0 saturated heterocycles. The predicted molar refractivity (Wildman–Crippen MR) is 57.9 cm³/mol. The zero-order chi connectivity index (χ0) is 11.8. The Bertz CT molecular complexity index is 412. The molecule has 0 bridgehead atoms. The van der Waals surface area contributed by atoms with Crippen LogP contribution in [0.5, 0.6) is 0 Å². The first-order valence-electron chi connectivity index (χ1n) is 5.30. The number of nitrogens with zero attached hydrogens (tertiary/aromatic N) is 1. The van der Waals surface area contributed by atoms with E-state index in [-0.39, 0.29) is 0 Å². The third kappa shape index (κ3) is 1.69. The molecule has 0 aromatic carbocycles. The van der Waals surface area contributed by atoms with E-state index in [4.69, 9.17) is 0 Å². The smallest absolute Gasteiger partial charge is 0.335 e. The fraction of sp³-hybridized carbons (Fsp3) is 0.500. The fourth-order valence-corrected chi connectivity index (χ4v) is 1.96. The second-order valence-corrected chi connectivity index (χ2v) is 4.25. The summed E-state index contributed by atoms with van der Waals surface area (Å²) in [4.78, 5) is 15.7. The SMILES string of the molecule is COC(=O)C(O)C1(c2cccc(C)n2)CC1. The molecule has 16 heavy (non-hydrogen) atoms. The summed E-state index contributed by atoms with van der Waals surface area (Å²) in [7, 11) is 1.28. The summed E-state index contributed by atoms with van der Waals surface area (Å²) < 4.78 is 4.57. The number of carbonyl (C=O) groups excluding carboxylic acids is 1. The van der Waals surface area contributed by atoms with Gasteiger partial charge < -0.3 is 9.84 Å². The Morgan fingerprint density at radius 3 is 2.75 bits per heavy atom. The van der Waals surface area contributed by atoms with E-state index >= 15 is 0 Å². The molecule has 0 radical (unpaired) electrons. The number of aliphatic hydroxyl groups excluding tert-OH is 1. The first-order valence-corrected chi connectivity index (χ1v) is 5.30. The standard InChI is InChI=1S/C12H15NO3/c1-8-4-3-5-9(13-8)12(6-7-12)10(14)11(15)16-2/h3-5,10,14H,6-7H2,1-2H3. The van der Waals surface area contributed by atoms with Crippen LogP contribution in [0.1, 0.15) is 24.2 Å². The van der Waals surface area contributed by atoms with Crippen LogP contribution in [0.3, 0.4) is 0 Å². The van der Waals surface area contributed by atoms with Gasteiger partial charge in [0.25, 0.3) is 0 Å². The molecule has 0 aliphatic heterocycles. The van der Waals surface area contributed by atoms with Crippen molar-refractivity contribution in [2.75, 3.05) is 7.11 Å². The number of carbonyl (C=O) groups is 1. The van der Waals surface area contributed by atoms with Crippen LogP contribution in [0.15, 0.2) is 18.2 Å². The molecule has 1 heterocycles. The van der Waals surface area contributed by atoms with Gasteiger partial charge in [-0.15, -0.1) is 0 Å². The summed E-state index contributed by atoms with van der Waals surface area (Å²) >= 11 is 0. The summed E-state index contributed by atoms with van der Waals surface area (Å²) in [5.74, 6) is -0.583. The van der Waals surface area contributed by atoms with Crippen molar-refractivity contribution in [1.29, 1.82) is 0 Å². The molecule has 0 amide bonds. The van der Waals surface area contributed by atoms with Crippen molar-refractivity contribution in [2.45, 2.75) is 31.3 Å². The minimum Gasteiger partial charge on any atom is -0.467 e. The van der Waals surface area contributed by atoms with E-state index in [2.05, 4.69) is 9.72 Å².